The molecule has 2 aromatic carbocycles. The summed E-state index contributed by atoms with van der Waals surface area (Å²) in [6.45, 7) is -0.0699. The quantitative estimate of drug-likeness (QED) is 0.381. The normalized spacial score (nSPS) is 10.1. The minimum absolute atomic E-state index is 0.0699. The second-order valence-corrected chi connectivity index (χ2v) is 6.06. The van der Waals surface area contributed by atoms with Crippen molar-refractivity contribution in [3.8, 4) is 34.8 Å². The number of hydrogen-bond acceptors (Lipinski definition) is 7. The van der Waals surface area contributed by atoms with Gasteiger partial charge in [0.25, 0.3) is 0 Å². The van der Waals surface area contributed by atoms with Gasteiger partial charge in [0.1, 0.15) is 0 Å². The molecule has 0 unspecified atom stereocenters. The molecule has 0 aliphatic rings. The van der Waals surface area contributed by atoms with Gasteiger partial charge in [0.2, 0.25) is 11.5 Å². The zero-order chi connectivity index (χ0) is 21.5. The van der Waals surface area contributed by atoms with Crippen LogP contribution >= 0.6 is 0 Å². The second-order valence-electron chi connectivity index (χ2n) is 6.06. The van der Waals surface area contributed by atoms with Gasteiger partial charge in [-0.25, -0.2) is 4.79 Å². The smallest absolute Gasteiger partial charge is 0.344 e. The zero-order valence-corrected chi connectivity index (χ0v) is 16.9. The SMILES string of the molecule is COc1c(C#CCCO)cc(OC(=O)c2ccnc3ccccc23)c(OC)c1OC. The number of carbonyl (C=O) groups is 1. The standard InChI is InChI=1S/C23H21NO6/c1-27-20-15(8-6-7-13-25)14-19(21(28-2)22(20)29-3)30-23(26)17-11-12-24-18-10-5-4-9-16(17)18/h4-5,9-12,14,25H,7,13H2,1-3H3. The van der Waals surface area contributed by atoms with Gasteiger partial charge in [-0.3, -0.25) is 4.98 Å². The van der Waals surface area contributed by atoms with Crippen molar-refractivity contribution >= 4 is 16.9 Å². The highest BCUT2D eigenvalue weighted by Gasteiger charge is 2.24. The van der Waals surface area contributed by atoms with Gasteiger partial charge in [-0.05, 0) is 12.1 Å². The van der Waals surface area contributed by atoms with Crippen LogP contribution in [0.4, 0.5) is 0 Å². The van der Waals surface area contributed by atoms with E-state index >= 15 is 0 Å². The summed E-state index contributed by atoms with van der Waals surface area (Å²) in [7, 11) is 4.37. The second kappa shape index (κ2) is 9.63. The lowest BCUT2D eigenvalue weighted by molar-refractivity contribution is 0.0730. The lowest BCUT2D eigenvalue weighted by Gasteiger charge is -2.17. The van der Waals surface area contributed by atoms with Gasteiger partial charge in [0.05, 0.1) is 44.6 Å². The lowest BCUT2D eigenvalue weighted by atomic mass is 10.1. The fourth-order valence-electron chi connectivity index (χ4n) is 2.99. The third-order valence-corrected chi connectivity index (χ3v) is 4.30. The van der Waals surface area contributed by atoms with Crippen LogP contribution in [-0.2, 0) is 0 Å². The number of rotatable bonds is 6. The van der Waals surface area contributed by atoms with Crippen molar-refractivity contribution in [2.24, 2.45) is 0 Å². The predicted octanol–water partition coefficient (Wildman–Crippen LogP) is 3.21. The first kappa shape index (κ1) is 21.0. The van der Waals surface area contributed by atoms with E-state index in [1.54, 1.807) is 24.4 Å². The van der Waals surface area contributed by atoms with Crippen LogP contribution in [0.3, 0.4) is 0 Å². The Labute approximate surface area is 174 Å². The van der Waals surface area contributed by atoms with Gasteiger partial charge in [-0.1, -0.05) is 30.0 Å². The number of nitrogens with zero attached hydrogens (tertiary/aromatic N) is 1. The summed E-state index contributed by atoms with van der Waals surface area (Å²) in [6.07, 6.45) is 1.84. The van der Waals surface area contributed by atoms with Crippen molar-refractivity contribution in [1.82, 2.24) is 4.98 Å². The third-order valence-electron chi connectivity index (χ3n) is 4.30. The summed E-state index contributed by atoms with van der Waals surface area (Å²) in [5.41, 5.74) is 1.48. The van der Waals surface area contributed by atoms with Crippen LogP contribution in [0.2, 0.25) is 0 Å². The monoisotopic (exact) mass is 407 g/mol. The van der Waals surface area contributed by atoms with Gasteiger partial charge in [-0.15, -0.1) is 0 Å². The molecule has 0 aliphatic carbocycles. The molecule has 0 saturated heterocycles. The minimum atomic E-state index is -0.576. The first-order chi connectivity index (χ1) is 14.6. The highest BCUT2D eigenvalue weighted by atomic mass is 16.6. The number of methoxy groups -OCH3 is 3. The zero-order valence-electron chi connectivity index (χ0n) is 16.9. The van der Waals surface area contributed by atoms with Crippen LogP contribution < -0.4 is 18.9 Å². The number of carbonyl (C=O) groups excluding carboxylic acids is 1. The third kappa shape index (κ3) is 4.14. The molecule has 0 amide bonds. The molecular formula is C23H21NO6. The van der Waals surface area contributed by atoms with Gasteiger partial charge in [-0.2, -0.15) is 0 Å². The molecule has 3 aromatic rings. The first-order valence-electron chi connectivity index (χ1n) is 9.13. The molecule has 1 aromatic heterocycles. The fourth-order valence-corrected chi connectivity index (χ4v) is 2.99. The number of aliphatic hydroxyl groups excluding tert-OH is 1. The molecule has 3 rings (SSSR count). The maximum atomic E-state index is 13.0. The summed E-state index contributed by atoms with van der Waals surface area (Å²) >= 11 is 0. The van der Waals surface area contributed by atoms with E-state index in [4.69, 9.17) is 24.1 Å². The van der Waals surface area contributed by atoms with E-state index in [-0.39, 0.29) is 30.3 Å². The maximum Gasteiger partial charge on any atom is 0.344 e. The number of aromatic nitrogens is 1. The van der Waals surface area contributed by atoms with E-state index in [9.17, 15) is 4.79 Å². The van der Waals surface area contributed by atoms with Crippen molar-refractivity contribution in [2.75, 3.05) is 27.9 Å². The van der Waals surface area contributed by atoms with E-state index in [1.807, 2.05) is 18.2 Å². The van der Waals surface area contributed by atoms with Crippen LogP contribution in [0.15, 0.2) is 42.6 Å². The van der Waals surface area contributed by atoms with E-state index in [0.717, 1.165) is 0 Å². The number of para-hydroxylation sites is 1. The topological polar surface area (TPSA) is 87.1 Å². The Morgan fingerprint density at radius 3 is 2.47 bits per heavy atom. The number of esters is 1. The maximum absolute atomic E-state index is 13.0. The Kier molecular flexibility index (Phi) is 6.73. The Morgan fingerprint density at radius 1 is 1.03 bits per heavy atom. The molecule has 1 heterocycles. The summed E-state index contributed by atoms with van der Waals surface area (Å²) in [4.78, 5) is 17.2. The Bertz CT molecular complexity index is 1120. The van der Waals surface area contributed by atoms with E-state index < -0.39 is 5.97 Å². The number of aliphatic hydroxyl groups is 1. The van der Waals surface area contributed by atoms with Crippen molar-refractivity contribution in [2.45, 2.75) is 6.42 Å². The lowest BCUT2D eigenvalue weighted by Crippen LogP contribution is -2.11. The van der Waals surface area contributed by atoms with Crippen molar-refractivity contribution < 1.29 is 28.8 Å². The van der Waals surface area contributed by atoms with Crippen LogP contribution in [0.5, 0.6) is 23.0 Å². The van der Waals surface area contributed by atoms with Crippen LogP contribution in [0.1, 0.15) is 22.3 Å². The number of pyridine rings is 1. The molecule has 0 radical (unpaired) electrons. The molecule has 7 heteroatoms. The molecule has 0 atom stereocenters. The molecule has 7 nitrogen and oxygen atoms in total. The highest BCUT2D eigenvalue weighted by Crippen LogP contribution is 2.46. The van der Waals surface area contributed by atoms with Crippen LogP contribution in [0, 0.1) is 11.8 Å². The Hall–Kier alpha value is -3.76. The molecule has 1 N–H and O–H groups in total. The fraction of sp³-hybridized carbons (Fsp3) is 0.217. The average molecular weight is 407 g/mol. The van der Waals surface area contributed by atoms with Gasteiger partial charge >= 0.3 is 5.97 Å². The van der Waals surface area contributed by atoms with Gasteiger partial charge in [0, 0.05) is 24.1 Å². The van der Waals surface area contributed by atoms with E-state index in [2.05, 4.69) is 16.8 Å². The van der Waals surface area contributed by atoms with Crippen molar-refractivity contribution in [3.63, 3.8) is 0 Å². The number of ether oxygens (including phenoxy) is 4. The molecule has 30 heavy (non-hydrogen) atoms. The van der Waals surface area contributed by atoms with Gasteiger partial charge in [0.15, 0.2) is 11.5 Å². The van der Waals surface area contributed by atoms with Crippen molar-refractivity contribution in [1.29, 1.82) is 0 Å². The summed E-state index contributed by atoms with van der Waals surface area (Å²) in [6, 6.07) is 10.4. The van der Waals surface area contributed by atoms with E-state index in [1.165, 1.54) is 21.3 Å². The van der Waals surface area contributed by atoms with Crippen LogP contribution in [-0.4, -0.2) is 44.0 Å². The summed E-state index contributed by atoms with van der Waals surface area (Å²) in [5.74, 6) is 6.08. The van der Waals surface area contributed by atoms with Gasteiger partial charge < -0.3 is 24.1 Å². The Balaban J connectivity index is 2.09. The molecular weight excluding hydrogens is 386 g/mol. The molecule has 0 bridgehead atoms. The minimum Gasteiger partial charge on any atom is -0.491 e. The van der Waals surface area contributed by atoms with Crippen LogP contribution in [0.25, 0.3) is 10.9 Å². The molecule has 0 saturated carbocycles. The van der Waals surface area contributed by atoms with E-state index in [0.29, 0.717) is 27.8 Å². The molecule has 0 fully saturated rings. The predicted molar refractivity (Wildman–Crippen MR) is 111 cm³/mol. The Morgan fingerprint density at radius 2 is 1.77 bits per heavy atom. The first-order valence-corrected chi connectivity index (χ1v) is 9.13. The number of benzene rings is 2. The summed E-state index contributed by atoms with van der Waals surface area (Å²) in [5, 5.41) is 9.66. The molecule has 0 spiro atoms. The number of hydrogen-bond donors (Lipinski definition) is 1. The number of fused-ring (bicyclic) bond motifs is 1. The summed E-state index contributed by atoms with van der Waals surface area (Å²) < 4.78 is 22.0. The average Bonchev–Trinajstić information content (AvgIpc) is 2.78. The van der Waals surface area contributed by atoms with Crippen molar-refractivity contribution in [3.05, 3.63) is 53.7 Å². The molecule has 0 aliphatic heterocycles. The highest BCUT2D eigenvalue weighted by molar-refractivity contribution is 6.04. The molecule has 154 valence electrons. The largest absolute Gasteiger partial charge is 0.491 e.